The fourth-order valence-corrected chi connectivity index (χ4v) is 4.76. The van der Waals surface area contributed by atoms with E-state index < -0.39 is 0 Å². The third-order valence-corrected chi connectivity index (χ3v) is 6.40. The Bertz CT molecular complexity index is 1690. The lowest BCUT2D eigenvalue weighted by molar-refractivity contribution is 0.0824. The van der Waals surface area contributed by atoms with Crippen LogP contribution in [0.1, 0.15) is 31.8 Å². The molecule has 0 aliphatic rings. The molecule has 5 heteroatoms. The molecular formula is C30H23N3O2. The van der Waals surface area contributed by atoms with E-state index in [4.69, 9.17) is 0 Å². The fraction of sp³-hybridized carbons (Fsp3) is 0.100. The van der Waals surface area contributed by atoms with Crippen LogP contribution in [-0.4, -0.2) is 35.8 Å². The Labute approximate surface area is 203 Å². The highest BCUT2D eigenvalue weighted by molar-refractivity contribution is 6.12. The van der Waals surface area contributed by atoms with Crippen LogP contribution >= 0.6 is 0 Å². The van der Waals surface area contributed by atoms with Crippen LogP contribution in [0.5, 0.6) is 0 Å². The predicted octanol–water partition coefficient (Wildman–Crippen LogP) is 6.15. The summed E-state index contributed by atoms with van der Waals surface area (Å²) in [4.78, 5) is 26.5. The molecule has 0 aliphatic carbocycles. The van der Waals surface area contributed by atoms with Gasteiger partial charge in [-0.15, -0.1) is 0 Å². The minimum absolute atomic E-state index is 0.224. The van der Waals surface area contributed by atoms with Crippen LogP contribution in [0.4, 0.5) is 0 Å². The number of aromatic nitrogens is 1. The Kier molecular flexibility index (Phi) is 5.43. The number of nitriles is 1. The number of nitrogens with zero attached hydrogens (tertiary/aromatic N) is 3. The van der Waals surface area contributed by atoms with Crippen LogP contribution in [0.15, 0.2) is 78.9 Å². The zero-order chi connectivity index (χ0) is 24.7. The number of carbonyl (C=O) groups excluding carboxylic acids is 2. The third kappa shape index (κ3) is 3.56. The molecule has 170 valence electrons. The molecule has 0 bridgehead atoms. The maximum absolute atomic E-state index is 13.2. The van der Waals surface area contributed by atoms with Crippen LogP contribution < -0.4 is 0 Å². The summed E-state index contributed by atoms with van der Waals surface area (Å²) < 4.78 is 2.06. The largest absolute Gasteiger partial charge is 0.345 e. The molecule has 35 heavy (non-hydrogen) atoms. The standard InChI is InChI=1S/C30H23N3O2/c1-19-15-20(17-31)11-13-23(19)21-12-14-27-25(16-21)24-8-4-5-9-26(24)33(27)28-10-6-7-22(18-34)29(28)30(35)32(2)3/h4-16,18H,1-3H3. The van der Waals surface area contributed by atoms with Crippen molar-refractivity contribution in [3.05, 3.63) is 101 Å². The number of rotatable bonds is 4. The lowest BCUT2D eigenvalue weighted by atomic mass is 9.97. The molecule has 0 atom stereocenters. The molecule has 0 unspecified atom stereocenters. The second-order valence-corrected chi connectivity index (χ2v) is 8.78. The number of benzene rings is 4. The van der Waals surface area contributed by atoms with Crippen LogP contribution in [0.3, 0.4) is 0 Å². The summed E-state index contributed by atoms with van der Waals surface area (Å²) in [6.07, 6.45) is 0.736. The number of para-hydroxylation sites is 1. The van der Waals surface area contributed by atoms with E-state index in [1.54, 1.807) is 26.2 Å². The second-order valence-electron chi connectivity index (χ2n) is 8.78. The van der Waals surface area contributed by atoms with Gasteiger partial charge in [-0.3, -0.25) is 9.59 Å². The summed E-state index contributed by atoms with van der Waals surface area (Å²) in [7, 11) is 3.37. The molecule has 4 aromatic carbocycles. The van der Waals surface area contributed by atoms with Gasteiger partial charge in [-0.1, -0.05) is 42.5 Å². The van der Waals surface area contributed by atoms with Gasteiger partial charge in [-0.25, -0.2) is 0 Å². The molecule has 0 radical (unpaired) electrons. The normalized spacial score (nSPS) is 10.9. The van der Waals surface area contributed by atoms with Gasteiger partial charge in [0.1, 0.15) is 0 Å². The van der Waals surface area contributed by atoms with Gasteiger partial charge in [0.2, 0.25) is 0 Å². The van der Waals surface area contributed by atoms with Gasteiger partial charge in [-0.2, -0.15) is 5.26 Å². The minimum atomic E-state index is -0.224. The first-order valence-electron chi connectivity index (χ1n) is 11.3. The molecule has 1 amide bonds. The van der Waals surface area contributed by atoms with E-state index in [-0.39, 0.29) is 5.91 Å². The fourth-order valence-electron chi connectivity index (χ4n) is 4.76. The van der Waals surface area contributed by atoms with Crippen molar-refractivity contribution in [3.63, 3.8) is 0 Å². The predicted molar refractivity (Wildman–Crippen MR) is 139 cm³/mol. The lowest BCUT2D eigenvalue weighted by Crippen LogP contribution is -2.24. The van der Waals surface area contributed by atoms with Crippen molar-refractivity contribution in [2.75, 3.05) is 14.1 Å². The first-order chi connectivity index (χ1) is 16.9. The summed E-state index contributed by atoms with van der Waals surface area (Å²) in [6.45, 7) is 2.01. The summed E-state index contributed by atoms with van der Waals surface area (Å²) >= 11 is 0. The van der Waals surface area contributed by atoms with E-state index in [0.717, 1.165) is 44.8 Å². The molecule has 5 aromatic rings. The summed E-state index contributed by atoms with van der Waals surface area (Å²) in [6, 6.07) is 27.6. The minimum Gasteiger partial charge on any atom is -0.345 e. The van der Waals surface area contributed by atoms with E-state index in [0.29, 0.717) is 22.4 Å². The molecule has 0 spiro atoms. The first-order valence-corrected chi connectivity index (χ1v) is 11.3. The lowest BCUT2D eigenvalue weighted by Gasteiger charge is -2.18. The van der Waals surface area contributed by atoms with Crippen molar-refractivity contribution in [2.24, 2.45) is 0 Å². The van der Waals surface area contributed by atoms with Crippen molar-refractivity contribution in [3.8, 4) is 22.9 Å². The van der Waals surface area contributed by atoms with Gasteiger partial charge in [0.25, 0.3) is 5.91 Å². The number of aryl methyl sites for hydroxylation is 1. The van der Waals surface area contributed by atoms with Crippen molar-refractivity contribution in [2.45, 2.75) is 6.92 Å². The number of hydrogen-bond donors (Lipinski definition) is 0. The number of fused-ring (bicyclic) bond motifs is 3. The molecule has 5 nitrogen and oxygen atoms in total. The third-order valence-electron chi connectivity index (χ3n) is 6.40. The topological polar surface area (TPSA) is 66.1 Å². The van der Waals surface area contributed by atoms with E-state index in [9.17, 15) is 14.9 Å². The molecule has 1 heterocycles. The molecule has 0 saturated carbocycles. The second kappa shape index (κ2) is 8.58. The van der Waals surface area contributed by atoms with Gasteiger partial charge in [0.05, 0.1) is 33.9 Å². The van der Waals surface area contributed by atoms with Gasteiger partial charge >= 0.3 is 0 Å². The Hall–Kier alpha value is -4.69. The number of aldehydes is 1. The Morgan fingerprint density at radius 3 is 2.40 bits per heavy atom. The molecule has 5 rings (SSSR count). The van der Waals surface area contributed by atoms with Crippen molar-refractivity contribution in [1.29, 1.82) is 5.26 Å². The van der Waals surface area contributed by atoms with E-state index in [1.807, 2.05) is 49.4 Å². The number of carbonyl (C=O) groups is 2. The van der Waals surface area contributed by atoms with E-state index in [2.05, 4.69) is 34.9 Å². The number of amides is 1. The van der Waals surface area contributed by atoms with E-state index >= 15 is 0 Å². The summed E-state index contributed by atoms with van der Waals surface area (Å²) in [5, 5.41) is 11.3. The van der Waals surface area contributed by atoms with Crippen LogP contribution in [0, 0.1) is 18.3 Å². The molecule has 0 fully saturated rings. The highest BCUT2D eigenvalue weighted by Crippen LogP contribution is 2.37. The molecule has 0 saturated heterocycles. The zero-order valence-electron chi connectivity index (χ0n) is 19.7. The monoisotopic (exact) mass is 457 g/mol. The van der Waals surface area contributed by atoms with Crippen LogP contribution in [0.2, 0.25) is 0 Å². The molecule has 1 aromatic heterocycles. The summed E-state index contributed by atoms with van der Waals surface area (Å²) in [5.74, 6) is -0.224. The quantitative estimate of drug-likeness (QED) is 0.304. The van der Waals surface area contributed by atoms with Crippen molar-refractivity contribution >= 4 is 34.0 Å². The highest BCUT2D eigenvalue weighted by atomic mass is 16.2. The maximum Gasteiger partial charge on any atom is 0.256 e. The maximum atomic E-state index is 13.2. The highest BCUT2D eigenvalue weighted by Gasteiger charge is 2.22. The van der Waals surface area contributed by atoms with Gasteiger partial charge < -0.3 is 9.47 Å². The van der Waals surface area contributed by atoms with Crippen molar-refractivity contribution < 1.29 is 9.59 Å². The Morgan fingerprint density at radius 1 is 0.914 bits per heavy atom. The Balaban J connectivity index is 1.83. The van der Waals surface area contributed by atoms with E-state index in [1.165, 1.54) is 4.90 Å². The Morgan fingerprint density at radius 2 is 1.69 bits per heavy atom. The van der Waals surface area contributed by atoms with Crippen LogP contribution in [-0.2, 0) is 0 Å². The molecule has 0 N–H and O–H groups in total. The molecular weight excluding hydrogens is 434 g/mol. The van der Waals surface area contributed by atoms with Gasteiger partial charge in [0.15, 0.2) is 6.29 Å². The zero-order valence-corrected chi connectivity index (χ0v) is 19.7. The summed E-state index contributed by atoms with van der Waals surface area (Å²) in [5.41, 5.74) is 7.08. The average Bonchev–Trinajstić information content (AvgIpc) is 3.21. The SMILES string of the molecule is Cc1cc(C#N)ccc1-c1ccc2c(c1)c1ccccc1n2-c1cccc(C=O)c1C(=O)N(C)C. The number of hydrogen-bond acceptors (Lipinski definition) is 3. The van der Waals surface area contributed by atoms with Gasteiger partial charge in [-0.05, 0) is 60.0 Å². The van der Waals surface area contributed by atoms with Gasteiger partial charge in [0, 0.05) is 30.4 Å². The molecule has 0 aliphatic heterocycles. The van der Waals surface area contributed by atoms with Crippen LogP contribution in [0.25, 0.3) is 38.6 Å². The van der Waals surface area contributed by atoms with Crippen molar-refractivity contribution in [1.82, 2.24) is 9.47 Å². The average molecular weight is 458 g/mol. The first kappa shape index (κ1) is 22.1. The smallest absolute Gasteiger partial charge is 0.256 e.